The fourth-order valence-corrected chi connectivity index (χ4v) is 7.86. The van der Waals surface area contributed by atoms with Crippen LogP contribution in [0.1, 0.15) is 65.7 Å². The number of fused-ring (bicyclic) bond motifs is 1. The first-order chi connectivity index (χ1) is 13.7. The van der Waals surface area contributed by atoms with E-state index >= 15 is 0 Å². The molecule has 0 aromatic rings. The zero-order valence-corrected chi connectivity index (χ0v) is 18.9. The number of halogens is 1. The number of aliphatic hydroxyl groups is 1. The number of piperidine rings is 2. The molecule has 0 aromatic heterocycles. The van der Waals surface area contributed by atoms with Crippen molar-refractivity contribution in [3.05, 3.63) is 34.2 Å². The van der Waals surface area contributed by atoms with Crippen LogP contribution in [-0.4, -0.2) is 41.0 Å². The van der Waals surface area contributed by atoms with Gasteiger partial charge in [-0.1, -0.05) is 25.4 Å². The summed E-state index contributed by atoms with van der Waals surface area (Å²) >= 11 is 6.74. The van der Waals surface area contributed by atoms with Gasteiger partial charge in [0.15, 0.2) is 0 Å². The van der Waals surface area contributed by atoms with E-state index in [-0.39, 0.29) is 17.7 Å². The number of ether oxygens (including phenoxy) is 1. The highest BCUT2D eigenvalue weighted by atomic mass is 35.5. The Bertz CT molecular complexity index is 787. The summed E-state index contributed by atoms with van der Waals surface area (Å²) in [5, 5.41) is 15.6. The van der Waals surface area contributed by atoms with Crippen molar-refractivity contribution < 1.29 is 9.84 Å². The van der Waals surface area contributed by atoms with E-state index in [4.69, 9.17) is 16.3 Å². The zero-order valence-electron chi connectivity index (χ0n) is 18.2. The molecule has 5 unspecified atom stereocenters. The highest BCUT2D eigenvalue weighted by Gasteiger charge is 2.54. The number of aliphatic hydroxyl groups excluding tert-OH is 1. The Balaban J connectivity index is 1.33. The lowest BCUT2D eigenvalue weighted by Crippen LogP contribution is -2.63. The molecular formula is C24H35ClN2O2. The van der Waals surface area contributed by atoms with E-state index in [0.29, 0.717) is 22.5 Å². The Morgan fingerprint density at radius 1 is 1.28 bits per heavy atom. The molecular weight excluding hydrogens is 384 g/mol. The molecule has 6 aliphatic rings. The molecule has 0 amide bonds. The average Bonchev–Trinajstić information content (AvgIpc) is 2.98. The maximum Gasteiger partial charge on any atom is 0.133 e. The van der Waals surface area contributed by atoms with E-state index < -0.39 is 0 Å². The van der Waals surface area contributed by atoms with Crippen molar-refractivity contribution >= 4 is 11.6 Å². The van der Waals surface area contributed by atoms with E-state index in [1.165, 1.54) is 37.7 Å². The maximum absolute atomic E-state index is 11.3. The average molecular weight is 419 g/mol. The fraction of sp³-hybridized carbons (Fsp3) is 0.750. The fourth-order valence-electron chi connectivity index (χ4n) is 7.39. The first-order valence-electron chi connectivity index (χ1n) is 11.3. The molecule has 3 aliphatic carbocycles. The second-order valence-corrected chi connectivity index (χ2v) is 11.3. The van der Waals surface area contributed by atoms with Gasteiger partial charge in [-0.25, -0.2) is 0 Å². The molecule has 2 N–H and O–H groups in total. The maximum atomic E-state index is 11.3. The lowest BCUT2D eigenvalue weighted by molar-refractivity contribution is -0.168. The van der Waals surface area contributed by atoms with Crippen LogP contribution < -0.4 is 5.32 Å². The van der Waals surface area contributed by atoms with Gasteiger partial charge in [-0.2, -0.15) is 0 Å². The quantitative estimate of drug-likeness (QED) is 0.681. The van der Waals surface area contributed by atoms with Crippen molar-refractivity contribution in [2.75, 3.05) is 7.11 Å². The second-order valence-electron chi connectivity index (χ2n) is 10.9. The van der Waals surface area contributed by atoms with Crippen LogP contribution in [0.4, 0.5) is 0 Å². The molecule has 0 spiro atoms. The van der Waals surface area contributed by atoms with Gasteiger partial charge in [0.2, 0.25) is 0 Å². The van der Waals surface area contributed by atoms with E-state index in [9.17, 15) is 5.11 Å². The predicted octanol–water partition coefficient (Wildman–Crippen LogP) is 4.66. The minimum atomic E-state index is -0.378. The lowest BCUT2D eigenvalue weighted by atomic mass is 9.56. The van der Waals surface area contributed by atoms with Crippen LogP contribution in [0.25, 0.3) is 0 Å². The zero-order chi connectivity index (χ0) is 20.6. The third-order valence-corrected chi connectivity index (χ3v) is 8.85. The smallest absolute Gasteiger partial charge is 0.133 e. The minimum absolute atomic E-state index is 0.175. The van der Waals surface area contributed by atoms with Crippen molar-refractivity contribution in [1.29, 1.82) is 0 Å². The summed E-state index contributed by atoms with van der Waals surface area (Å²) in [6.07, 6.45) is 11.9. The van der Waals surface area contributed by atoms with Gasteiger partial charge < -0.3 is 15.2 Å². The van der Waals surface area contributed by atoms with Gasteiger partial charge in [-0.3, -0.25) is 4.90 Å². The Labute approximate surface area is 180 Å². The molecule has 6 rings (SSSR count). The van der Waals surface area contributed by atoms with E-state index in [1.807, 2.05) is 0 Å². The molecule has 0 aromatic carbocycles. The molecule has 2 saturated carbocycles. The van der Waals surface area contributed by atoms with Crippen molar-refractivity contribution in [2.45, 2.75) is 89.6 Å². The first kappa shape index (κ1) is 20.0. The normalized spacial score (nSPS) is 42.9. The molecule has 4 nitrogen and oxygen atoms in total. The van der Waals surface area contributed by atoms with Crippen molar-refractivity contribution in [2.24, 2.45) is 17.3 Å². The van der Waals surface area contributed by atoms with Crippen molar-refractivity contribution in [3.8, 4) is 0 Å². The minimum Gasteiger partial charge on any atom is -0.496 e. The summed E-state index contributed by atoms with van der Waals surface area (Å²) in [7, 11) is 1.68. The van der Waals surface area contributed by atoms with Crippen LogP contribution in [0.15, 0.2) is 34.2 Å². The second kappa shape index (κ2) is 6.77. The van der Waals surface area contributed by atoms with Gasteiger partial charge in [0.1, 0.15) is 12.0 Å². The van der Waals surface area contributed by atoms with Gasteiger partial charge in [0.05, 0.1) is 17.7 Å². The Hall–Kier alpha value is -0.970. The Morgan fingerprint density at radius 2 is 1.97 bits per heavy atom. The van der Waals surface area contributed by atoms with Crippen LogP contribution in [0.3, 0.4) is 0 Å². The number of nitrogens with zero attached hydrogens (tertiary/aromatic N) is 1. The molecule has 3 heterocycles. The van der Waals surface area contributed by atoms with E-state index in [1.54, 1.807) is 7.11 Å². The highest BCUT2D eigenvalue weighted by molar-refractivity contribution is 6.32. The number of allylic oxidation sites excluding steroid dienone is 1. The molecule has 3 aliphatic heterocycles. The van der Waals surface area contributed by atoms with E-state index in [2.05, 4.69) is 43.3 Å². The van der Waals surface area contributed by atoms with Gasteiger partial charge >= 0.3 is 0 Å². The summed E-state index contributed by atoms with van der Waals surface area (Å²) in [6.45, 7) is 6.89. The molecule has 4 fully saturated rings. The molecule has 160 valence electrons. The number of hydrogen-bond acceptors (Lipinski definition) is 4. The van der Waals surface area contributed by atoms with Crippen molar-refractivity contribution in [3.63, 3.8) is 0 Å². The molecule has 0 radical (unpaired) electrons. The predicted molar refractivity (Wildman–Crippen MR) is 116 cm³/mol. The highest BCUT2D eigenvalue weighted by Crippen LogP contribution is 2.56. The number of rotatable bonds is 5. The molecule has 29 heavy (non-hydrogen) atoms. The monoisotopic (exact) mass is 418 g/mol. The van der Waals surface area contributed by atoms with Crippen molar-refractivity contribution in [1.82, 2.24) is 10.2 Å². The number of methoxy groups -OCH3 is 1. The van der Waals surface area contributed by atoms with Gasteiger partial charge in [0, 0.05) is 23.9 Å². The SMILES string of the molecule is COC1=CCC2(C)NC=C(C(C)CC(O)N3C4CC5CC3CC(C)(C5)C4)C2=C1Cl. The van der Waals surface area contributed by atoms with Crippen LogP contribution in [0.2, 0.25) is 0 Å². The van der Waals surface area contributed by atoms with Crippen LogP contribution in [0.5, 0.6) is 0 Å². The van der Waals surface area contributed by atoms with Crippen LogP contribution in [0, 0.1) is 17.3 Å². The molecule has 5 atom stereocenters. The van der Waals surface area contributed by atoms with Gasteiger partial charge in [-0.05, 0) is 80.8 Å². The largest absolute Gasteiger partial charge is 0.496 e. The number of nitrogens with one attached hydrogen (secondary N) is 1. The topological polar surface area (TPSA) is 44.7 Å². The summed E-state index contributed by atoms with van der Waals surface area (Å²) in [5.74, 6) is 1.87. The first-order valence-corrected chi connectivity index (χ1v) is 11.7. The number of hydrogen-bond donors (Lipinski definition) is 2. The van der Waals surface area contributed by atoms with Crippen LogP contribution in [-0.2, 0) is 4.74 Å². The lowest BCUT2D eigenvalue weighted by Gasteiger charge is -2.62. The Kier molecular flexibility index (Phi) is 4.66. The summed E-state index contributed by atoms with van der Waals surface area (Å²) in [4.78, 5) is 2.48. The van der Waals surface area contributed by atoms with E-state index in [0.717, 1.165) is 30.1 Å². The molecule has 2 saturated heterocycles. The molecule has 5 heteroatoms. The van der Waals surface area contributed by atoms with Crippen LogP contribution >= 0.6 is 11.6 Å². The summed E-state index contributed by atoms with van der Waals surface area (Å²) < 4.78 is 5.49. The summed E-state index contributed by atoms with van der Waals surface area (Å²) in [6, 6.07) is 1.13. The third-order valence-electron chi connectivity index (χ3n) is 8.47. The van der Waals surface area contributed by atoms with Gasteiger partial charge in [0.25, 0.3) is 0 Å². The Morgan fingerprint density at radius 3 is 2.59 bits per heavy atom. The summed E-state index contributed by atoms with van der Waals surface area (Å²) in [5.41, 5.74) is 2.70. The standard InChI is InChI=1S/C24H35ClN2O2/c1-14(18-13-26-24(3)6-5-19(29-4)22(25)21(18)24)7-20(28)27-16-8-15-9-17(27)12-23(2,10-15)11-16/h5,13-17,20,26,28H,6-12H2,1-4H3. The third kappa shape index (κ3) is 3.09. The van der Waals surface area contributed by atoms with Gasteiger partial charge in [-0.15, -0.1) is 0 Å². The molecule has 4 bridgehead atoms.